The molecule has 17 heavy (non-hydrogen) atoms. The van der Waals surface area contributed by atoms with Gasteiger partial charge in [-0.1, -0.05) is 0 Å². The summed E-state index contributed by atoms with van der Waals surface area (Å²) in [7, 11) is 0. The molecular formula is C12H22N2O3. The topological polar surface area (TPSA) is 75.8 Å². The van der Waals surface area contributed by atoms with E-state index in [1.54, 1.807) is 0 Å². The summed E-state index contributed by atoms with van der Waals surface area (Å²) in [4.78, 5) is 13.2. The van der Waals surface area contributed by atoms with Gasteiger partial charge in [-0.05, 0) is 31.8 Å². The number of ether oxygens (including phenoxy) is 1. The molecule has 2 saturated heterocycles. The highest BCUT2D eigenvalue weighted by molar-refractivity contribution is 5.73. The molecule has 0 aromatic heterocycles. The number of aliphatic hydroxyl groups excluding tert-OH is 1. The van der Waals surface area contributed by atoms with Gasteiger partial charge in [0.25, 0.3) is 0 Å². The SMILES string of the molecule is NC(=O)CC1CCN(CC2(CO)COC2)CC1. The van der Waals surface area contributed by atoms with Gasteiger partial charge in [0.05, 0.1) is 25.2 Å². The second kappa shape index (κ2) is 5.33. The summed E-state index contributed by atoms with van der Waals surface area (Å²) in [5.41, 5.74) is 5.18. The van der Waals surface area contributed by atoms with E-state index in [1.165, 1.54) is 0 Å². The van der Waals surface area contributed by atoms with E-state index in [9.17, 15) is 9.90 Å². The van der Waals surface area contributed by atoms with Gasteiger partial charge < -0.3 is 20.5 Å². The zero-order valence-electron chi connectivity index (χ0n) is 10.2. The monoisotopic (exact) mass is 242 g/mol. The molecule has 0 atom stereocenters. The number of carbonyl (C=O) groups is 1. The Balaban J connectivity index is 1.73. The van der Waals surface area contributed by atoms with Gasteiger partial charge in [-0.2, -0.15) is 0 Å². The summed E-state index contributed by atoms with van der Waals surface area (Å²) in [6.45, 7) is 4.45. The third-order valence-electron chi connectivity index (χ3n) is 3.91. The number of likely N-dealkylation sites (tertiary alicyclic amines) is 1. The van der Waals surface area contributed by atoms with Gasteiger partial charge in [-0.3, -0.25) is 4.79 Å². The number of aliphatic hydroxyl groups is 1. The van der Waals surface area contributed by atoms with Crippen molar-refractivity contribution in [1.82, 2.24) is 4.90 Å². The molecule has 0 saturated carbocycles. The smallest absolute Gasteiger partial charge is 0.217 e. The van der Waals surface area contributed by atoms with Crippen LogP contribution in [0.2, 0.25) is 0 Å². The third-order valence-corrected chi connectivity index (χ3v) is 3.91. The Kier molecular flexibility index (Phi) is 4.01. The lowest BCUT2D eigenvalue weighted by Crippen LogP contribution is -2.54. The molecule has 1 amide bonds. The number of carbonyl (C=O) groups excluding carboxylic acids is 1. The largest absolute Gasteiger partial charge is 0.396 e. The lowest BCUT2D eigenvalue weighted by Gasteiger charge is -2.44. The van der Waals surface area contributed by atoms with Crippen molar-refractivity contribution >= 4 is 5.91 Å². The fourth-order valence-electron chi connectivity index (χ4n) is 2.73. The van der Waals surface area contributed by atoms with Gasteiger partial charge >= 0.3 is 0 Å². The number of nitrogens with two attached hydrogens (primary N) is 1. The number of piperidine rings is 1. The third kappa shape index (κ3) is 3.18. The fourth-order valence-corrected chi connectivity index (χ4v) is 2.73. The van der Waals surface area contributed by atoms with Crippen molar-refractivity contribution < 1.29 is 14.6 Å². The Hall–Kier alpha value is -0.650. The van der Waals surface area contributed by atoms with Gasteiger partial charge in [-0.25, -0.2) is 0 Å². The summed E-state index contributed by atoms with van der Waals surface area (Å²) >= 11 is 0. The van der Waals surface area contributed by atoms with Crippen LogP contribution >= 0.6 is 0 Å². The van der Waals surface area contributed by atoms with Crippen molar-refractivity contribution in [2.75, 3.05) is 39.5 Å². The van der Waals surface area contributed by atoms with E-state index in [2.05, 4.69) is 4.90 Å². The summed E-state index contributed by atoms with van der Waals surface area (Å²) in [5, 5.41) is 9.37. The van der Waals surface area contributed by atoms with Crippen LogP contribution in [-0.4, -0.2) is 55.4 Å². The average molecular weight is 242 g/mol. The molecule has 0 aromatic carbocycles. The van der Waals surface area contributed by atoms with E-state index in [1.807, 2.05) is 0 Å². The molecule has 0 unspecified atom stereocenters. The summed E-state index contributed by atoms with van der Waals surface area (Å²) < 4.78 is 5.20. The van der Waals surface area contributed by atoms with Crippen molar-refractivity contribution in [1.29, 1.82) is 0 Å². The lowest BCUT2D eigenvalue weighted by atomic mass is 9.85. The van der Waals surface area contributed by atoms with Crippen molar-refractivity contribution in [3.63, 3.8) is 0 Å². The maximum absolute atomic E-state index is 10.8. The Morgan fingerprint density at radius 3 is 2.47 bits per heavy atom. The van der Waals surface area contributed by atoms with Crippen LogP contribution in [0, 0.1) is 11.3 Å². The highest BCUT2D eigenvalue weighted by Crippen LogP contribution is 2.30. The second-order valence-electron chi connectivity index (χ2n) is 5.54. The zero-order valence-corrected chi connectivity index (χ0v) is 10.2. The van der Waals surface area contributed by atoms with Crippen LogP contribution in [0.15, 0.2) is 0 Å². The van der Waals surface area contributed by atoms with E-state index in [4.69, 9.17) is 10.5 Å². The molecule has 0 aromatic rings. The Morgan fingerprint density at radius 2 is 2.06 bits per heavy atom. The maximum Gasteiger partial charge on any atom is 0.217 e. The van der Waals surface area contributed by atoms with Crippen molar-refractivity contribution in [2.45, 2.75) is 19.3 Å². The Morgan fingerprint density at radius 1 is 1.41 bits per heavy atom. The molecule has 2 aliphatic heterocycles. The number of primary amides is 1. The van der Waals surface area contributed by atoms with Crippen LogP contribution in [0.5, 0.6) is 0 Å². The van der Waals surface area contributed by atoms with Crippen LogP contribution in [0.1, 0.15) is 19.3 Å². The van der Waals surface area contributed by atoms with E-state index >= 15 is 0 Å². The van der Waals surface area contributed by atoms with E-state index in [0.717, 1.165) is 32.5 Å². The standard InChI is InChI=1S/C12H22N2O3/c13-11(16)5-10-1-3-14(4-2-10)6-12(7-15)8-17-9-12/h10,15H,1-9H2,(H2,13,16). The Labute approximate surface area is 102 Å². The highest BCUT2D eigenvalue weighted by atomic mass is 16.5. The molecule has 3 N–H and O–H groups in total. The first-order valence-corrected chi connectivity index (χ1v) is 6.33. The van der Waals surface area contributed by atoms with Gasteiger partial charge in [0.1, 0.15) is 0 Å². The molecule has 5 nitrogen and oxygen atoms in total. The first kappa shape index (κ1) is 12.8. The maximum atomic E-state index is 10.8. The number of amides is 1. The van der Waals surface area contributed by atoms with Crippen molar-refractivity contribution in [3.8, 4) is 0 Å². The quantitative estimate of drug-likeness (QED) is 0.687. The molecule has 0 bridgehead atoms. The lowest BCUT2D eigenvalue weighted by molar-refractivity contribution is -0.150. The van der Waals surface area contributed by atoms with Gasteiger partial charge in [0.2, 0.25) is 5.91 Å². The fraction of sp³-hybridized carbons (Fsp3) is 0.917. The summed E-state index contributed by atoms with van der Waals surface area (Å²) in [5.74, 6) is 0.258. The van der Waals surface area contributed by atoms with Crippen LogP contribution in [0.25, 0.3) is 0 Å². The molecule has 0 spiro atoms. The molecule has 2 rings (SSSR count). The zero-order chi connectivity index (χ0) is 12.3. The van der Waals surface area contributed by atoms with E-state index in [0.29, 0.717) is 25.6 Å². The molecule has 2 heterocycles. The number of hydrogen-bond acceptors (Lipinski definition) is 4. The van der Waals surface area contributed by atoms with Gasteiger partial charge in [-0.15, -0.1) is 0 Å². The molecule has 2 fully saturated rings. The van der Waals surface area contributed by atoms with E-state index in [-0.39, 0.29) is 17.9 Å². The normalized spacial score (nSPS) is 25.5. The minimum absolute atomic E-state index is 0.0312. The molecule has 98 valence electrons. The summed E-state index contributed by atoms with van der Waals surface area (Å²) in [6, 6.07) is 0. The molecule has 2 aliphatic rings. The molecule has 5 heteroatoms. The minimum Gasteiger partial charge on any atom is -0.396 e. The van der Waals surface area contributed by atoms with Gasteiger partial charge in [0, 0.05) is 13.0 Å². The molecule has 0 radical (unpaired) electrons. The van der Waals surface area contributed by atoms with Crippen molar-refractivity contribution in [2.24, 2.45) is 17.1 Å². The van der Waals surface area contributed by atoms with Crippen LogP contribution in [0.4, 0.5) is 0 Å². The van der Waals surface area contributed by atoms with Gasteiger partial charge in [0.15, 0.2) is 0 Å². The summed E-state index contributed by atoms with van der Waals surface area (Å²) in [6.07, 6.45) is 2.58. The Bertz CT molecular complexity index is 265. The highest BCUT2D eigenvalue weighted by Gasteiger charge is 2.40. The van der Waals surface area contributed by atoms with Crippen LogP contribution < -0.4 is 5.73 Å². The minimum atomic E-state index is -0.192. The number of nitrogens with zero attached hydrogens (tertiary/aromatic N) is 1. The first-order chi connectivity index (χ1) is 8.13. The predicted molar refractivity (Wildman–Crippen MR) is 63.3 cm³/mol. The average Bonchev–Trinajstić information content (AvgIpc) is 2.25. The first-order valence-electron chi connectivity index (χ1n) is 6.33. The molecule has 0 aliphatic carbocycles. The van der Waals surface area contributed by atoms with E-state index < -0.39 is 0 Å². The van der Waals surface area contributed by atoms with Crippen molar-refractivity contribution in [3.05, 3.63) is 0 Å². The predicted octanol–water partition coefficient (Wildman–Crippen LogP) is -0.417. The van der Waals surface area contributed by atoms with Crippen LogP contribution in [-0.2, 0) is 9.53 Å². The number of rotatable bonds is 5. The molecular weight excluding hydrogens is 220 g/mol. The second-order valence-corrected chi connectivity index (χ2v) is 5.54. The number of hydrogen-bond donors (Lipinski definition) is 2. The van der Waals surface area contributed by atoms with Crippen LogP contribution in [0.3, 0.4) is 0 Å².